The van der Waals surface area contributed by atoms with E-state index in [1.54, 1.807) is 0 Å². The molecule has 1 aromatic rings. The van der Waals surface area contributed by atoms with Crippen molar-refractivity contribution < 1.29 is 9.47 Å². The first-order valence-corrected chi connectivity index (χ1v) is 7.91. The van der Waals surface area contributed by atoms with Gasteiger partial charge in [-0.25, -0.2) is 0 Å². The molecule has 20 heavy (non-hydrogen) atoms. The fourth-order valence-electron chi connectivity index (χ4n) is 2.65. The molecule has 3 nitrogen and oxygen atoms in total. The lowest BCUT2D eigenvalue weighted by atomic mass is 10.00. The highest BCUT2D eigenvalue weighted by atomic mass is 35.5. The third-order valence-corrected chi connectivity index (χ3v) is 3.81. The minimum Gasteiger partial charge on any atom is -0.492 e. The van der Waals surface area contributed by atoms with E-state index in [0.29, 0.717) is 18.8 Å². The molecule has 0 aliphatic carbocycles. The lowest BCUT2D eigenvalue weighted by Gasteiger charge is -2.31. The number of benzene rings is 1. The smallest absolute Gasteiger partial charge is 0.142 e. The van der Waals surface area contributed by atoms with Gasteiger partial charge in [0.05, 0.1) is 18.4 Å². The Balaban J connectivity index is 2.02. The van der Waals surface area contributed by atoms with Crippen molar-refractivity contribution in [1.29, 1.82) is 0 Å². The number of halogens is 1. The van der Waals surface area contributed by atoms with Crippen molar-refractivity contribution in [3.8, 4) is 5.75 Å². The van der Waals surface area contributed by atoms with Gasteiger partial charge < -0.3 is 14.8 Å². The van der Waals surface area contributed by atoms with Gasteiger partial charge in [0, 0.05) is 17.7 Å². The molecule has 1 heterocycles. The SMILES string of the molecule is CCCC1CC(Nc2cc(Cl)ccc2OCC)CCO1. The first kappa shape index (κ1) is 15.5. The first-order valence-electron chi connectivity index (χ1n) is 7.53. The fraction of sp³-hybridized carbons (Fsp3) is 0.625. The van der Waals surface area contributed by atoms with E-state index in [9.17, 15) is 0 Å². The maximum absolute atomic E-state index is 6.09. The zero-order valence-electron chi connectivity index (χ0n) is 12.3. The third kappa shape index (κ3) is 4.29. The number of nitrogens with one attached hydrogen (secondary N) is 1. The summed E-state index contributed by atoms with van der Waals surface area (Å²) in [5, 5.41) is 4.30. The Labute approximate surface area is 126 Å². The van der Waals surface area contributed by atoms with Crippen molar-refractivity contribution in [3.63, 3.8) is 0 Å². The van der Waals surface area contributed by atoms with Gasteiger partial charge in [0.25, 0.3) is 0 Å². The second kappa shape index (κ2) is 7.75. The number of hydrogen-bond donors (Lipinski definition) is 1. The molecule has 2 rings (SSSR count). The summed E-state index contributed by atoms with van der Waals surface area (Å²) in [6, 6.07) is 6.16. The van der Waals surface area contributed by atoms with Crippen LogP contribution >= 0.6 is 11.6 Å². The summed E-state index contributed by atoms with van der Waals surface area (Å²) in [7, 11) is 0. The van der Waals surface area contributed by atoms with E-state index in [1.807, 2.05) is 25.1 Å². The normalized spacial score (nSPS) is 22.6. The Morgan fingerprint density at radius 2 is 2.25 bits per heavy atom. The molecule has 0 bridgehead atoms. The summed E-state index contributed by atoms with van der Waals surface area (Å²) < 4.78 is 11.4. The number of ether oxygens (including phenoxy) is 2. The molecule has 1 N–H and O–H groups in total. The van der Waals surface area contributed by atoms with Crippen LogP contribution in [0.25, 0.3) is 0 Å². The molecule has 0 amide bonds. The van der Waals surface area contributed by atoms with Crippen molar-refractivity contribution in [2.45, 2.75) is 51.7 Å². The van der Waals surface area contributed by atoms with Crippen molar-refractivity contribution >= 4 is 17.3 Å². The maximum atomic E-state index is 6.09. The van der Waals surface area contributed by atoms with Gasteiger partial charge in [0.2, 0.25) is 0 Å². The van der Waals surface area contributed by atoms with Crippen LogP contribution in [0.5, 0.6) is 5.75 Å². The summed E-state index contributed by atoms with van der Waals surface area (Å²) in [6.07, 6.45) is 4.75. The average Bonchev–Trinajstić information content (AvgIpc) is 2.43. The molecule has 112 valence electrons. The molecule has 1 fully saturated rings. The van der Waals surface area contributed by atoms with Crippen LogP contribution in [-0.2, 0) is 4.74 Å². The maximum Gasteiger partial charge on any atom is 0.142 e. The highest BCUT2D eigenvalue weighted by Gasteiger charge is 2.22. The Kier molecular flexibility index (Phi) is 5.99. The predicted octanol–water partition coefficient (Wildman–Crippen LogP) is 4.50. The van der Waals surface area contributed by atoms with Crippen LogP contribution in [0, 0.1) is 0 Å². The Hall–Kier alpha value is -0.930. The Bertz CT molecular complexity index is 423. The highest BCUT2D eigenvalue weighted by molar-refractivity contribution is 6.30. The van der Waals surface area contributed by atoms with Gasteiger partial charge in [-0.1, -0.05) is 24.9 Å². The lowest BCUT2D eigenvalue weighted by Crippen LogP contribution is -2.34. The zero-order valence-corrected chi connectivity index (χ0v) is 13.1. The first-order chi connectivity index (χ1) is 9.72. The van der Waals surface area contributed by atoms with E-state index in [2.05, 4.69) is 12.2 Å². The quantitative estimate of drug-likeness (QED) is 0.838. The van der Waals surface area contributed by atoms with E-state index in [-0.39, 0.29) is 0 Å². The molecule has 0 saturated carbocycles. The highest BCUT2D eigenvalue weighted by Crippen LogP contribution is 2.30. The minimum atomic E-state index is 0.376. The summed E-state index contributed by atoms with van der Waals surface area (Å²) in [6.45, 7) is 5.67. The monoisotopic (exact) mass is 297 g/mol. The molecule has 0 radical (unpaired) electrons. The lowest BCUT2D eigenvalue weighted by molar-refractivity contribution is 0.00594. The minimum absolute atomic E-state index is 0.376. The van der Waals surface area contributed by atoms with E-state index in [4.69, 9.17) is 21.1 Å². The van der Waals surface area contributed by atoms with Crippen LogP contribution in [0.15, 0.2) is 18.2 Å². The van der Waals surface area contributed by atoms with Gasteiger partial charge in [-0.3, -0.25) is 0 Å². The molecule has 1 aliphatic heterocycles. The van der Waals surface area contributed by atoms with Crippen LogP contribution in [0.2, 0.25) is 5.02 Å². The molecule has 0 spiro atoms. The second-order valence-corrected chi connectivity index (χ2v) is 5.66. The van der Waals surface area contributed by atoms with Crippen LogP contribution < -0.4 is 10.1 Å². The van der Waals surface area contributed by atoms with Crippen molar-refractivity contribution in [2.75, 3.05) is 18.5 Å². The second-order valence-electron chi connectivity index (χ2n) is 5.22. The van der Waals surface area contributed by atoms with Crippen LogP contribution in [0.3, 0.4) is 0 Å². The van der Waals surface area contributed by atoms with Crippen LogP contribution in [-0.4, -0.2) is 25.4 Å². The third-order valence-electron chi connectivity index (χ3n) is 3.58. The van der Waals surface area contributed by atoms with Crippen molar-refractivity contribution in [3.05, 3.63) is 23.2 Å². The summed E-state index contributed by atoms with van der Waals surface area (Å²) >= 11 is 6.09. The molecule has 1 aliphatic rings. The van der Waals surface area contributed by atoms with E-state index < -0.39 is 0 Å². The molecular formula is C16H24ClNO2. The topological polar surface area (TPSA) is 30.5 Å². The number of rotatable bonds is 6. The summed E-state index contributed by atoms with van der Waals surface area (Å²) in [5.74, 6) is 0.871. The Morgan fingerprint density at radius 1 is 1.40 bits per heavy atom. The van der Waals surface area contributed by atoms with E-state index in [0.717, 1.165) is 42.3 Å². The van der Waals surface area contributed by atoms with Crippen molar-refractivity contribution in [1.82, 2.24) is 0 Å². The molecule has 2 unspecified atom stereocenters. The van der Waals surface area contributed by atoms with Crippen LogP contribution in [0.4, 0.5) is 5.69 Å². The van der Waals surface area contributed by atoms with Crippen LogP contribution in [0.1, 0.15) is 39.5 Å². The van der Waals surface area contributed by atoms with Gasteiger partial charge in [0.15, 0.2) is 0 Å². The molecule has 4 heteroatoms. The van der Waals surface area contributed by atoms with Gasteiger partial charge >= 0.3 is 0 Å². The zero-order chi connectivity index (χ0) is 14.4. The van der Waals surface area contributed by atoms with Crippen molar-refractivity contribution in [2.24, 2.45) is 0 Å². The summed E-state index contributed by atoms with van der Waals surface area (Å²) in [4.78, 5) is 0. The van der Waals surface area contributed by atoms with Gasteiger partial charge in [-0.05, 0) is 44.4 Å². The molecular weight excluding hydrogens is 274 g/mol. The number of hydrogen-bond acceptors (Lipinski definition) is 3. The fourth-order valence-corrected chi connectivity index (χ4v) is 2.82. The van der Waals surface area contributed by atoms with E-state index >= 15 is 0 Å². The van der Waals surface area contributed by atoms with Gasteiger partial charge in [0.1, 0.15) is 5.75 Å². The molecule has 2 atom stereocenters. The van der Waals surface area contributed by atoms with Gasteiger partial charge in [-0.2, -0.15) is 0 Å². The molecule has 1 saturated heterocycles. The standard InChI is InChI=1S/C16H24ClNO2/c1-3-5-14-11-13(8-9-20-14)18-15-10-12(17)6-7-16(15)19-4-2/h6-7,10,13-14,18H,3-5,8-9,11H2,1-2H3. The predicted molar refractivity (Wildman–Crippen MR) is 83.9 cm³/mol. The molecule has 0 aromatic heterocycles. The molecule has 1 aromatic carbocycles. The van der Waals surface area contributed by atoms with E-state index in [1.165, 1.54) is 6.42 Å². The largest absolute Gasteiger partial charge is 0.492 e. The number of anilines is 1. The van der Waals surface area contributed by atoms with Gasteiger partial charge in [-0.15, -0.1) is 0 Å². The average molecular weight is 298 g/mol. The summed E-state index contributed by atoms with van der Waals surface area (Å²) in [5.41, 5.74) is 0.987. The Morgan fingerprint density at radius 3 is 3.00 bits per heavy atom.